The quantitative estimate of drug-likeness (QED) is 0.923. The molecule has 3 rings (SSSR count). The summed E-state index contributed by atoms with van der Waals surface area (Å²) in [5.74, 6) is 1.67. The van der Waals surface area contributed by atoms with E-state index in [-0.39, 0.29) is 11.9 Å². The molecule has 23 heavy (non-hydrogen) atoms. The molecule has 0 fully saturated rings. The van der Waals surface area contributed by atoms with E-state index in [1.165, 1.54) is 11.1 Å². The molecule has 1 unspecified atom stereocenters. The number of hydrogen-bond acceptors (Lipinski definition) is 3. The Morgan fingerprint density at radius 3 is 2.78 bits per heavy atom. The van der Waals surface area contributed by atoms with Gasteiger partial charge in [0.15, 0.2) is 0 Å². The van der Waals surface area contributed by atoms with Crippen LogP contribution in [0.1, 0.15) is 28.4 Å². The number of carbonyl (C=O) groups excluding carboxylic acids is 1. The van der Waals surface area contributed by atoms with Crippen LogP contribution in [0.3, 0.4) is 0 Å². The fourth-order valence-corrected chi connectivity index (χ4v) is 2.82. The highest BCUT2D eigenvalue weighted by atomic mass is 16.5. The third-order valence-corrected chi connectivity index (χ3v) is 4.03. The second kappa shape index (κ2) is 6.73. The van der Waals surface area contributed by atoms with E-state index in [9.17, 15) is 4.79 Å². The minimum atomic E-state index is -0.0651. The van der Waals surface area contributed by atoms with Gasteiger partial charge in [-0.3, -0.25) is 4.79 Å². The molecule has 0 spiro atoms. The number of fused-ring (bicyclic) bond motifs is 1. The van der Waals surface area contributed by atoms with Crippen LogP contribution < -0.4 is 14.8 Å². The lowest BCUT2D eigenvalue weighted by Gasteiger charge is -2.15. The van der Waals surface area contributed by atoms with Crippen LogP contribution in [0.4, 0.5) is 0 Å². The average molecular weight is 311 g/mol. The topological polar surface area (TPSA) is 47.6 Å². The lowest BCUT2D eigenvalue weighted by atomic mass is 10.0. The monoisotopic (exact) mass is 311 g/mol. The summed E-state index contributed by atoms with van der Waals surface area (Å²) < 4.78 is 10.6. The first kappa shape index (κ1) is 15.4. The maximum absolute atomic E-state index is 12.3. The molecule has 1 aliphatic rings. The molecule has 2 aromatic rings. The van der Waals surface area contributed by atoms with Gasteiger partial charge < -0.3 is 14.8 Å². The fraction of sp³-hybridized carbons (Fsp3) is 0.316. The number of hydrogen-bond donors (Lipinski definition) is 1. The summed E-state index contributed by atoms with van der Waals surface area (Å²) in [6.07, 6.45) is 1.77. The molecule has 1 N–H and O–H groups in total. The molecule has 120 valence electrons. The van der Waals surface area contributed by atoms with E-state index in [0.29, 0.717) is 5.56 Å². The zero-order chi connectivity index (χ0) is 16.2. The van der Waals surface area contributed by atoms with Crippen molar-refractivity contribution in [3.05, 3.63) is 59.2 Å². The summed E-state index contributed by atoms with van der Waals surface area (Å²) in [4.78, 5) is 12.3. The molecule has 1 amide bonds. The molecular weight excluding hydrogens is 290 g/mol. The van der Waals surface area contributed by atoms with Gasteiger partial charge in [-0.2, -0.15) is 0 Å². The van der Waals surface area contributed by atoms with Crippen molar-refractivity contribution in [1.82, 2.24) is 5.32 Å². The number of nitrogens with one attached hydrogen (secondary N) is 1. The molecule has 4 nitrogen and oxygen atoms in total. The van der Waals surface area contributed by atoms with E-state index in [2.05, 4.69) is 17.4 Å². The second-order valence-electron chi connectivity index (χ2n) is 5.85. The first-order valence-electron chi connectivity index (χ1n) is 7.85. The molecular formula is C19H21NO3. The number of rotatable bonds is 5. The largest absolute Gasteiger partial charge is 0.497 e. The average Bonchev–Trinajstić information content (AvgIpc) is 3.02. The van der Waals surface area contributed by atoms with E-state index in [4.69, 9.17) is 9.47 Å². The molecule has 0 aromatic heterocycles. The second-order valence-corrected chi connectivity index (χ2v) is 5.85. The van der Waals surface area contributed by atoms with Gasteiger partial charge in [-0.1, -0.05) is 12.1 Å². The molecule has 2 aromatic carbocycles. The maximum atomic E-state index is 12.3. The number of methoxy groups -OCH3 is 1. The molecule has 1 atom stereocenters. The normalized spacial score (nSPS) is 13.8. The molecule has 1 aliphatic heterocycles. The van der Waals surface area contributed by atoms with Gasteiger partial charge in [0.05, 0.1) is 13.7 Å². The number of ether oxygens (including phenoxy) is 2. The van der Waals surface area contributed by atoms with Crippen molar-refractivity contribution in [1.29, 1.82) is 0 Å². The first-order valence-corrected chi connectivity index (χ1v) is 7.85. The predicted octanol–water partition coefficient (Wildman–Crippen LogP) is 2.99. The Hall–Kier alpha value is -2.49. The zero-order valence-electron chi connectivity index (χ0n) is 13.5. The molecule has 0 saturated heterocycles. The lowest BCUT2D eigenvalue weighted by molar-refractivity contribution is 0.0940. The van der Waals surface area contributed by atoms with E-state index >= 15 is 0 Å². The fourth-order valence-electron chi connectivity index (χ4n) is 2.82. The highest BCUT2D eigenvalue weighted by molar-refractivity contribution is 5.94. The van der Waals surface area contributed by atoms with Crippen molar-refractivity contribution in [2.45, 2.75) is 25.8 Å². The Morgan fingerprint density at radius 2 is 2.04 bits per heavy atom. The molecule has 0 bridgehead atoms. The van der Waals surface area contributed by atoms with Gasteiger partial charge in [0.25, 0.3) is 5.91 Å². The van der Waals surface area contributed by atoms with Gasteiger partial charge in [-0.05, 0) is 54.8 Å². The maximum Gasteiger partial charge on any atom is 0.251 e. The van der Waals surface area contributed by atoms with Gasteiger partial charge in [-0.15, -0.1) is 0 Å². The smallest absolute Gasteiger partial charge is 0.251 e. The Kier molecular flexibility index (Phi) is 4.51. The summed E-state index contributed by atoms with van der Waals surface area (Å²) in [5, 5.41) is 3.04. The first-order chi connectivity index (χ1) is 11.2. The van der Waals surface area contributed by atoms with Crippen LogP contribution in [0.2, 0.25) is 0 Å². The SMILES string of the molecule is COc1ccc(C(=O)NC(C)Cc2ccc3c(c2)CCO3)cc1. The van der Waals surface area contributed by atoms with Crippen LogP contribution in [0.15, 0.2) is 42.5 Å². The highest BCUT2D eigenvalue weighted by Crippen LogP contribution is 2.26. The van der Waals surface area contributed by atoms with Crippen molar-refractivity contribution in [2.75, 3.05) is 13.7 Å². The van der Waals surface area contributed by atoms with Crippen LogP contribution >= 0.6 is 0 Å². The zero-order valence-corrected chi connectivity index (χ0v) is 13.5. The molecule has 1 heterocycles. The summed E-state index contributed by atoms with van der Waals surface area (Å²) in [5.41, 5.74) is 3.12. The van der Waals surface area contributed by atoms with E-state index in [0.717, 1.165) is 30.9 Å². The summed E-state index contributed by atoms with van der Waals surface area (Å²) in [6, 6.07) is 13.5. The highest BCUT2D eigenvalue weighted by Gasteiger charge is 2.14. The minimum Gasteiger partial charge on any atom is -0.497 e. The van der Waals surface area contributed by atoms with E-state index in [1.54, 1.807) is 31.4 Å². The van der Waals surface area contributed by atoms with Crippen LogP contribution in [-0.2, 0) is 12.8 Å². The van der Waals surface area contributed by atoms with E-state index in [1.807, 2.05) is 13.0 Å². The van der Waals surface area contributed by atoms with Crippen molar-refractivity contribution in [2.24, 2.45) is 0 Å². The van der Waals surface area contributed by atoms with Crippen LogP contribution in [0, 0.1) is 0 Å². The Morgan fingerprint density at radius 1 is 1.26 bits per heavy atom. The molecule has 0 radical (unpaired) electrons. The molecule has 0 aliphatic carbocycles. The number of amides is 1. The minimum absolute atomic E-state index is 0.0602. The van der Waals surface area contributed by atoms with Crippen molar-refractivity contribution in [3.63, 3.8) is 0 Å². The van der Waals surface area contributed by atoms with Gasteiger partial charge in [-0.25, -0.2) is 0 Å². The van der Waals surface area contributed by atoms with Gasteiger partial charge in [0.1, 0.15) is 11.5 Å². The molecule has 4 heteroatoms. The Labute approximate surface area is 136 Å². The van der Waals surface area contributed by atoms with Gasteiger partial charge >= 0.3 is 0 Å². The van der Waals surface area contributed by atoms with Crippen LogP contribution in [0.25, 0.3) is 0 Å². The van der Waals surface area contributed by atoms with Crippen molar-refractivity contribution < 1.29 is 14.3 Å². The molecule has 0 saturated carbocycles. The number of carbonyl (C=O) groups is 1. The van der Waals surface area contributed by atoms with E-state index < -0.39 is 0 Å². The lowest BCUT2D eigenvalue weighted by Crippen LogP contribution is -2.34. The van der Waals surface area contributed by atoms with Gasteiger partial charge in [0, 0.05) is 18.0 Å². The van der Waals surface area contributed by atoms with Crippen molar-refractivity contribution >= 4 is 5.91 Å². The van der Waals surface area contributed by atoms with Crippen molar-refractivity contribution in [3.8, 4) is 11.5 Å². The van der Waals surface area contributed by atoms with Crippen LogP contribution in [0.5, 0.6) is 11.5 Å². The van der Waals surface area contributed by atoms with Crippen LogP contribution in [-0.4, -0.2) is 25.7 Å². The third-order valence-electron chi connectivity index (χ3n) is 4.03. The Bertz CT molecular complexity index is 694. The summed E-state index contributed by atoms with van der Waals surface area (Å²) >= 11 is 0. The summed E-state index contributed by atoms with van der Waals surface area (Å²) in [6.45, 7) is 2.79. The summed E-state index contributed by atoms with van der Waals surface area (Å²) in [7, 11) is 1.61. The third kappa shape index (κ3) is 3.65. The standard InChI is InChI=1S/C19H21NO3/c1-13(11-14-3-8-18-16(12-14)9-10-23-18)20-19(21)15-4-6-17(22-2)7-5-15/h3-8,12-13H,9-11H2,1-2H3,(H,20,21). The predicted molar refractivity (Wildman–Crippen MR) is 89.3 cm³/mol. The number of benzene rings is 2. The van der Waals surface area contributed by atoms with Gasteiger partial charge in [0.2, 0.25) is 0 Å². The Balaban J connectivity index is 1.59.